The zero-order valence-electron chi connectivity index (χ0n) is 15.5. The first-order valence-electron chi connectivity index (χ1n) is 8.63. The molecule has 0 radical (unpaired) electrons. The third-order valence-electron chi connectivity index (χ3n) is 3.86. The Morgan fingerprint density at radius 1 is 1.46 bits per heavy atom. The number of nitrogens with zero attached hydrogens (tertiary/aromatic N) is 4. The van der Waals surface area contributed by atoms with Crippen LogP contribution in [0.5, 0.6) is 0 Å². The molecule has 1 aliphatic heterocycles. The predicted octanol–water partition coefficient (Wildman–Crippen LogP) is 2.29. The largest absolute Gasteiger partial charge is 0.480 e. The zero-order valence-corrected chi connectivity index (χ0v) is 15.5. The van der Waals surface area contributed by atoms with Gasteiger partial charge >= 0.3 is 12.1 Å². The van der Waals surface area contributed by atoms with Crippen LogP contribution in [0.2, 0.25) is 0 Å². The maximum Gasteiger partial charge on any atom is 0.408 e. The van der Waals surface area contributed by atoms with Gasteiger partial charge in [-0.3, -0.25) is 4.79 Å². The summed E-state index contributed by atoms with van der Waals surface area (Å²) in [5.41, 5.74) is 7.63. The SMILES string of the molecule is CC(C)(C)OC(=O)N[C@@H](CCCCN1CC(CN=[N+]=[N-])CC1=O)C(=O)O. The molecular formula is C16H27N5O5. The fourth-order valence-corrected chi connectivity index (χ4v) is 2.70. The molecule has 2 atom stereocenters. The Labute approximate surface area is 152 Å². The van der Waals surface area contributed by atoms with E-state index in [9.17, 15) is 19.5 Å². The molecule has 2 N–H and O–H groups in total. The first-order valence-corrected chi connectivity index (χ1v) is 8.63. The third kappa shape index (κ3) is 8.06. The molecule has 0 saturated carbocycles. The van der Waals surface area contributed by atoms with Crippen LogP contribution in [0.1, 0.15) is 46.5 Å². The first-order chi connectivity index (χ1) is 12.1. The Morgan fingerprint density at radius 2 is 2.15 bits per heavy atom. The maximum absolute atomic E-state index is 11.9. The Bertz CT molecular complexity index is 568. The van der Waals surface area contributed by atoms with Gasteiger partial charge in [0.1, 0.15) is 11.6 Å². The van der Waals surface area contributed by atoms with Gasteiger partial charge in [-0.2, -0.15) is 0 Å². The van der Waals surface area contributed by atoms with Crippen LogP contribution in [0.25, 0.3) is 10.4 Å². The second-order valence-corrected chi connectivity index (χ2v) is 7.36. The van der Waals surface area contributed by atoms with Gasteiger partial charge in [-0.1, -0.05) is 5.11 Å². The number of hydrogen-bond acceptors (Lipinski definition) is 5. The number of nitrogens with one attached hydrogen (secondary N) is 1. The van der Waals surface area contributed by atoms with E-state index in [1.807, 2.05) is 0 Å². The minimum absolute atomic E-state index is 0.0183. The van der Waals surface area contributed by atoms with Gasteiger partial charge in [-0.05, 0) is 51.5 Å². The molecule has 0 aromatic heterocycles. The van der Waals surface area contributed by atoms with Gasteiger partial charge < -0.3 is 20.1 Å². The molecule has 0 aromatic rings. The van der Waals surface area contributed by atoms with Crippen LogP contribution in [0.15, 0.2) is 5.11 Å². The summed E-state index contributed by atoms with van der Waals surface area (Å²) in [7, 11) is 0. The normalized spacial score (nSPS) is 18.2. The molecule has 1 unspecified atom stereocenters. The van der Waals surface area contributed by atoms with Crippen molar-refractivity contribution in [2.75, 3.05) is 19.6 Å². The minimum atomic E-state index is -1.12. The van der Waals surface area contributed by atoms with Crippen LogP contribution >= 0.6 is 0 Å². The minimum Gasteiger partial charge on any atom is -0.480 e. The second kappa shape index (κ2) is 9.86. The summed E-state index contributed by atoms with van der Waals surface area (Å²) in [6.45, 7) is 6.47. The van der Waals surface area contributed by atoms with E-state index < -0.39 is 23.7 Å². The van der Waals surface area contributed by atoms with Gasteiger partial charge in [0.2, 0.25) is 5.91 Å². The van der Waals surface area contributed by atoms with Crippen molar-refractivity contribution in [2.24, 2.45) is 11.0 Å². The third-order valence-corrected chi connectivity index (χ3v) is 3.86. The van der Waals surface area contributed by atoms with Gasteiger partial charge in [0.15, 0.2) is 0 Å². The molecule has 10 nitrogen and oxygen atoms in total. The van der Waals surface area contributed by atoms with Crippen molar-refractivity contribution in [1.29, 1.82) is 0 Å². The van der Waals surface area contributed by atoms with Crippen LogP contribution < -0.4 is 5.32 Å². The van der Waals surface area contributed by atoms with Gasteiger partial charge in [0, 0.05) is 31.0 Å². The molecule has 146 valence electrons. The van der Waals surface area contributed by atoms with E-state index in [1.165, 1.54) is 0 Å². The lowest BCUT2D eigenvalue weighted by Crippen LogP contribution is -2.43. The van der Waals surface area contributed by atoms with Crippen molar-refractivity contribution in [3.05, 3.63) is 10.4 Å². The highest BCUT2D eigenvalue weighted by Crippen LogP contribution is 2.19. The van der Waals surface area contributed by atoms with Crippen molar-refractivity contribution in [3.8, 4) is 0 Å². The van der Waals surface area contributed by atoms with Crippen LogP contribution in [0.3, 0.4) is 0 Å². The lowest BCUT2D eigenvalue weighted by Gasteiger charge is -2.22. The molecule has 26 heavy (non-hydrogen) atoms. The number of carboxylic acids is 1. The summed E-state index contributed by atoms with van der Waals surface area (Å²) in [6.07, 6.45) is 1.02. The number of ether oxygens (including phenoxy) is 1. The highest BCUT2D eigenvalue weighted by molar-refractivity contribution is 5.80. The van der Waals surface area contributed by atoms with E-state index in [-0.39, 0.29) is 18.2 Å². The van der Waals surface area contributed by atoms with Crippen molar-refractivity contribution >= 4 is 18.0 Å². The topological polar surface area (TPSA) is 145 Å². The number of unbranched alkanes of at least 4 members (excludes halogenated alkanes) is 1. The van der Waals surface area contributed by atoms with E-state index in [0.29, 0.717) is 38.9 Å². The van der Waals surface area contributed by atoms with Crippen molar-refractivity contribution < 1.29 is 24.2 Å². The summed E-state index contributed by atoms with van der Waals surface area (Å²) >= 11 is 0. The molecule has 0 bridgehead atoms. The van der Waals surface area contributed by atoms with Gasteiger partial charge in [-0.25, -0.2) is 9.59 Å². The zero-order chi connectivity index (χ0) is 19.7. The fourth-order valence-electron chi connectivity index (χ4n) is 2.70. The molecular weight excluding hydrogens is 342 g/mol. The number of amides is 2. The Kier molecular flexibility index (Phi) is 8.18. The second-order valence-electron chi connectivity index (χ2n) is 7.36. The highest BCUT2D eigenvalue weighted by Gasteiger charge is 2.29. The first kappa shape index (κ1) is 21.6. The summed E-state index contributed by atoms with van der Waals surface area (Å²) in [5, 5.41) is 15.1. The van der Waals surface area contributed by atoms with E-state index >= 15 is 0 Å². The van der Waals surface area contributed by atoms with E-state index in [4.69, 9.17) is 10.3 Å². The Morgan fingerprint density at radius 3 is 2.73 bits per heavy atom. The predicted molar refractivity (Wildman–Crippen MR) is 93.3 cm³/mol. The summed E-state index contributed by atoms with van der Waals surface area (Å²) < 4.78 is 5.06. The smallest absolute Gasteiger partial charge is 0.408 e. The number of hydrogen-bond donors (Lipinski definition) is 2. The monoisotopic (exact) mass is 369 g/mol. The number of aliphatic carboxylic acids is 1. The molecule has 1 fully saturated rings. The number of alkyl carbamates (subject to hydrolysis) is 1. The molecule has 0 aliphatic carbocycles. The molecule has 0 aromatic carbocycles. The Balaban J connectivity index is 2.35. The number of rotatable bonds is 9. The van der Waals surface area contributed by atoms with Crippen LogP contribution in [-0.4, -0.2) is 59.3 Å². The lowest BCUT2D eigenvalue weighted by molar-refractivity contribution is -0.139. The molecule has 1 rings (SSSR count). The lowest BCUT2D eigenvalue weighted by atomic mass is 10.1. The average Bonchev–Trinajstić information content (AvgIpc) is 2.86. The van der Waals surface area contributed by atoms with Crippen LogP contribution in [-0.2, 0) is 14.3 Å². The van der Waals surface area contributed by atoms with Crippen molar-refractivity contribution in [3.63, 3.8) is 0 Å². The molecule has 2 amide bonds. The standard InChI is InChI=1S/C16H27N5O5/c1-16(2,3)26-15(25)19-12(14(23)24)6-4-5-7-21-10-11(8-13(21)22)9-18-20-17/h11-12H,4-10H2,1-3H3,(H,19,25)(H,23,24)/t11?,12-/m0/s1. The van der Waals surface area contributed by atoms with E-state index in [0.717, 1.165) is 0 Å². The van der Waals surface area contributed by atoms with Gasteiger partial charge in [0.05, 0.1) is 0 Å². The summed E-state index contributed by atoms with van der Waals surface area (Å²) in [4.78, 5) is 39.3. The molecule has 1 aliphatic rings. The number of likely N-dealkylation sites (tertiary alicyclic amines) is 1. The van der Waals surface area contributed by atoms with E-state index in [2.05, 4.69) is 15.3 Å². The quantitative estimate of drug-likeness (QED) is 0.277. The Hall–Kier alpha value is -2.48. The number of carbonyl (C=O) groups excluding carboxylic acids is 2. The number of carbonyl (C=O) groups is 3. The number of carboxylic acid groups (broad SMARTS) is 1. The van der Waals surface area contributed by atoms with Crippen molar-refractivity contribution in [1.82, 2.24) is 10.2 Å². The van der Waals surface area contributed by atoms with Gasteiger partial charge in [-0.15, -0.1) is 0 Å². The highest BCUT2D eigenvalue weighted by atomic mass is 16.6. The van der Waals surface area contributed by atoms with Crippen LogP contribution in [0, 0.1) is 5.92 Å². The summed E-state index contributed by atoms with van der Waals surface area (Å²) in [6, 6.07) is -1.03. The molecule has 0 spiro atoms. The van der Waals surface area contributed by atoms with E-state index in [1.54, 1.807) is 25.7 Å². The fraction of sp³-hybridized carbons (Fsp3) is 0.812. The molecule has 1 saturated heterocycles. The molecule has 10 heteroatoms. The summed E-state index contributed by atoms with van der Waals surface area (Å²) in [5.74, 6) is -1.06. The molecule has 1 heterocycles. The van der Waals surface area contributed by atoms with Crippen molar-refractivity contribution in [2.45, 2.75) is 58.1 Å². The maximum atomic E-state index is 11.9. The number of azide groups is 1. The van der Waals surface area contributed by atoms with Gasteiger partial charge in [0.25, 0.3) is 0 Å². The average molecular weight is 369 g/mol. The van der Waals surface area contributed by atoms with Crippen LogP contribution in [0.4, 0.5) is 4.79 Å².